The summed E-state index contributed by atoms with van der Waals surface area (Å²) < 4.78 is 10.3. The largest absolute Gasteiger partial charge is 0.481 e. The molecular formula is C19H21NO4. The lowest BCUT2D eigenvalue weighted by atomic mass is 10.1. The molecule has 0 saturated heterocycles. The Morgan fingerprint density at radius 2 is 1.67 bits per heavy atom. The lowest BCUT2D eigenvalue weighted by Gasteiger charge is -2.15. The van der Waals surface area contributed by atoms with Gasteiger partial charge in [0.05, 0.1) is 12.7 Å². The molecule has 126 valence electrons. The Labute approximate surface area is 141 Å². The van der Waals surface area contributed by atoms with Crippen LogP contribution in [0.5, 0.6) is 5.75 Å². The highest BCUT2D eigenvalue weighted by molar-refractivity contribution is 5.89. The maximum Gasteiger partial charge on any atom is 0.337 e. The molecule has 0 spiro atoms. The molecule has 5 nitrogen and oxygen atoms in total. The predicted molar refractivity (Wildman–Crippen MR) is 90.9 cm³/mol. The van der Waals surface area contributed by atoms with Crippen LogP contribution in [0.4, 0.5) is 0 Å². The number of hydrogen-bond donors (Lipinski definition) is 1. The Bertz CT molecular complexity index is 692. The van der Waals surface area contributed by atoms with E-state index in [0.717, 1.165) is 11.1 Å². The fourth-order valence-electron chi connectivity index (χ4n) is 2.08. The molecule has 0 heterocycles. The van der Waals surface area contributed by atoms with Crippen molar-refractivity contribution >= 4 is 11.9 Å². The van der Waals surface area contributed by atoms with E-state index >= 15 is 0 Å². The van der Waals surface area contributed by atoms with Crippen molar-refractivity contribution in [3.63, 3.8) is 0 Å². The third kappa shape index (κ3) is 4.84. The summed E-state index contributed by atoms with van der Waals surface area (Å²) in [7, 11) is 1.34. The number of hydrogen-bond acceptors (Lipinski definition) is 4. The molecule has 2 aromatic rings. The van der Waals surface area contributed by atoms with E-state index in [1.165, 1.54) is 7.11 Å². The molecule has 0 aliphatic carbocycles. The summed E-state index contributed by atoms with van der Waals surface area (Å²) in [6.07, 6.45) is -0.595. The van der Waals surface area contributed by atoms with Gasteiger partial charge in [0.2, 0.25) is 0 Å². The highest BCUT2D eigenvalue weighted by Gasteiger charge is 2.14. The van der Waals surface area contributed by atoms with Crippen molar-refractivity contribution in [1.29, 1.82) is 0 Å². The van der Waals surface area contributed by atoms with Crippen molar-refractivity contribution in [3.05, 3.63) is 65.2 Å². The van der Waals surface area contributed by atoms with Gasteiger partial charge in [0.1, 0.15) is 5.75 Å². The smallest absolute Gasteiger partial charge is 0.337 e. The van der Waals surface area contributed by atoms with Gasteiger partial charge in [0.25, 0.3) is 5.91 Å². The average Bonchev–Trinajstić information content (AvgIpc) is 2.61. The van der Waals surface area contributed by atoms with Gasteiger partial charge in [0, 0.05) is 6.54 Å². The van der Waals surface area contributed by atoms with Crippen LogP contribution in [0.25, 0.3) is 0 Å². The zero-order valence-electron chi connectivity index (χ0n) is 14.0. The Balaban J connectivity index is 1.85. The average molecular weight is 327 g/mol. The molecule has 1 unspecified atom stereocenters. The fraction of sp³-hybridized carbons (Fsp3) is 0.263. The number of rotatable bonds is 6. The van der Waals surface area contributed by atoms with Gasteiger partial charge in [-0.1, -0.05) is 29.8 Å². The van der Waals surface area contributed by atoms with Crippen LogP contribution in [0, 0.1) is 6.92 Å². The Morgan fingerprint density at radius 1 is 1.04 bits per heavy atom. The van der Waals surface area contributed by atoms with Crippen molar-refractivity contribution in [3.8, 4) is 5.75 Å². The summed E-state index contributed by atoms with van der Waals surface area (Å²) in [5.74, 6) is 0.0732. The van der Waals surface area contributed by atoms with E-state index in [1.54, 1.807) is 31.2 Å². The zero-order valence-corrected chi connectivity index (χ0v) is 14.0. The first kappa shape index (κ1) is 17.5. The van der Waals surface area contributed by atoms with Crippen LogP contribution in [0.15, 0.2) is 48.5 Å². The molecule has 2 aromatic carbocycles. The lowest BCUT2D eigenvalue weighted by Crippen LogP contribution is -2.35. The van der Waals surface area contributed by atoms with Gasteiger partial charge < -0.3 is 14.8 Å². The van der Waals surface area contributed by atoms with E-state index in [2.05, 4.69) is 10.1 Å². The summed E-state index contributed by atoms with van der Waals surface area (Å²) in [6.45, 7) is 4.06. The lowest BCUT2D eigenvalue weighted by molar-refractivity contribution is -0.127. The Hall–Kier alpha value is -2.82. The van der Waals surface area contributed by atoms with E-state index in [9.17, 15) is 9.59 Å². The maximum atomic E-state index is 12.1. The van der Waals surface area contributed by atoms with Crippen LogP contribution in [-0.2, 0) is 16.1 Å². The monoisotopic (exact) mass is 327 g/mol. The van der Waals surface area contributed by atoms with Crippen LogP contribution in [0.3, 0.4) is 0 Å². The number of carbonyl (C=O) groups is 2. The molecule has 0 radical (unpaired) electrons. The number of ether oxygens (including phenoxy) is 2. The normalized spacial score (nSPS) is 11.5. The molecule has 1 atom stereocenters. The Kier molecular flexibility index (Phi) is 5.95. The molecule has 0 fully saturated rings. The van der Waals surface area contributed by atoms with E-state index in [-0.39, 0.29) is 11.9 Å². The number of benzene rings is 2. The highest BCUT2D eigenvalue weighted by atomic mass is 16.5. The Morgan fingerprint density at radius 3 is 2.25 bits per heavy atom. The number of methoxy groups -OCH3 is 1. The topological polar surface area (TPSA) is 64.6 Å². The molecule has 0 aliphatic rings. The molecule has 0 aromatic heterocycles. The van der Waals surface area contributed by atoms with Gasteiger partial charge >= 0.3 is 5.97 Å². The maximum absolute atomic E-state index is 12.1. The van der Waals surface area contributed by atoms with E-state index < -0.39 is 6.10 Å². The summed E-state index contributed by atoms with van der Waals surface area (Å²) in [5, 5.41) is 2.81. The van der Waals surface area contributed by atoms with Gasteiger partial charge in [-0.2, -0.15) is 0 Å². The van der Waals surface area contributed by atoms with Gasteiger partial charge in [-0.3, -0.25) is 4.79 Å². The van der Waals surface area contributed by atoms with Gasteiger partial charge in [-0.15, -0.1) is 0 Å². The van der Waals surface area contributed by atoms with Crippen molar-refractivity contribution in [2.45, 2.75) is 26.5 Å². The third-order valence-electron chi connectivity index (χ3n) is 3.54. The third-order valence-corrected chi connectivity index (χ3v) is 3.54. The molecule has 0 saturated carbocycles. The molecule has 2 rings (SSSR count). The first-order chi connectivity index (χ1) is 11.5. The number of aryl methyl sites for hydroxylation is 1. The second kappa shape index (κ2) is 8.15. The summed E-state index contributed by atoms with van der Waals surface area (Å²) in [5.41, 5.74) is 2.50. The van der Waals surface area contributed by atoms with Crippen molar-refractivity contribution in [1.82, 2.24) is 5.32 Å². The quantitative estimate of drug-likeness (QED) is 0.829. The minimum Gasteiger partial charge on any atom is -0.481 e. The first-order valence-electron chi connectivity index (χ1n) is 7.68. The fourth-order valence-corrected chi connectivity index (χ4v) is 2.08. The van der Waals surface area contributed by atoms with E-state index in [1.807, 2.05) is 31.2 Å². The van der Waals surface area contributed by atoms with Crippen LogP contribution in [0.1, 0.15) is 28.4 Å². The van der Waals surface area contributed by atoms with Crippen molar-refractivity contribution < 1.29 is 19.1 Å². The molecule has 0 bridgehead atoms. The summed E-state index contributed by atoms with van der Waals surface area (Å²) >= 11 is 0. The number of carbonyl (C=O) groups excluding carboxylic acids is 2. The highest BCUT2D eigenvalue weighted by Crippen LogP contribution is 2.13. The van der Waals surface area contributed by atoms with Crippen LogP contribution in [-0.4, -0.2) is 25.1 Å². The molecule has 5 heteroatoms. The second-order valence-electron chi connectivity index (χ2n) is 5.48. The van der Waals surface area contributed by atoms with Gasteiger partial charge in [0.15, 0.2) is 6.10 Å². The van der Waals surface area contributed by atoms with Gasteiger partial charge in [-0.25, -0.2) is 4.79 Å². The predicted octanol–water partition coefficient (Wildman–Crippen LogP) is 2.87. The molecule has 24 heavy (non-hydrogen) atoms. The van der Waals surface area contributed by atoms with Crippen LogP contribution >= 0.6 is 0 Å². The zero-order chi connectivity index (χ0) is 17.5. The first-order valence-corrected chi connectivity index (χ1v) is 7.68. The minimum absolute atomic E-state index is 0.201. The van der Waals surface area contributed by atoms with Crippen molar-refractivity contribution in [2.24, 2.45) is 0 Å². The molecule has 0 aliphatic heterocycles. The number of esters is 1. The number of nitrogens with one attached hydrogen (secondary N) is 1. The SMILES string of the molecule is COC(=O)c1ccc(CNC(=O)C(C)Oc2ccc(C)cc2)cc1. The van der Waals surface area contributed by atoms with Crippen LogP contribution in [0.2, 0.25) is 0 Å². The molecule has 1 amide bonds. The van der Waals surface area contributed by atoms with Gasteiger partial charge in [-0.05, 0) is 43.7 Å². The molecule has 1 N–H and O–H groups in total. The summed E-state index contributed by atoms with van der Waals surface area (Å²) in [4.78, 5) is 23.5. The van der Waals surface area contributed by atoms with E-state index in [4.69, 9.17) is 4.74 Å². The minimum atomic E-state index is -0.595. The standard InChI is InChI=1S/C19H21NO4/c1-13-4-10-17(11-5-13)24-14(2)18(21)20-12-15-6-8-16(9-7-15)19(22)23-3/h4-11,14H,12H2,1-3H3,(H,20,21). The number of amides is 1. The van der Waals surface area contributed by atoms with E-state index in [0.29, 0.717) is 17.9 Å². The summed E-state index contributed by atoms with van der Waals surface area (Å²) in [6, 6.07) is 14.4. The molecular weight excluding hydrogens is 306 g/mol. The van der Waals surface area contributed by atoms with Crippen molar-refractivity contribution in [2.75, 3.05) is 7.11 Å². The second-order valence-corrected chi connectivity index (χ2v) is 5.48. The van der Waals surface area contributed by atoms with Crippen LogP contribution < -0.4 is 10.1 Å².